The van der Waals surface area contributed by atoms with Crippen LogP contribution in [0.1, 0.15) is 41.2 Å². The van der Waals surface area contributed by atoms with E-state index < -0.39 is 5.97 Å². The average Bonchev–Trinajstić information content (AvgIpc) is 2.64. The Hall–Kier alpha value is -1.78. The van der Waals surface area contributed by atoms with Crippen LogP contribution in [0.2, 0.25) is 0 Å². The van der Waals surface area contributed by atoms with Crippen LogP contribution < -0.4 is 0 Å². The molecular weight excluding hydrogens is 206 g/mol. The number of hydrogen-bond donors (Lipinski definition) is 1. The second-order valence-corrected chi connectivity index (χ2v) is 4.37. The fourth-order valence-electron chi connectivity index (χ4n) is 2.29. The minimum Gasteiger partial charge on any atom is -0.477 e. The van der Waals surface area contributed by atoms with Gasteiger partial charge in [-0.3, -0.25) is 0 Å². The van der Waals surface area contributed by atoms with Crippen LogP contribution in [0.15, 0.2) is 12.4 Å². The summed E-state index contributed by atoms with van der Waals surface area (Å²) in [4.78, 5) is 11.3. The third-order valence-corrected chi connectivity index (χ3v) is 3.38. The second kappa shape index (κ2) is 3.10. The molecule has 0 saturated heterocycles. The largest absolute Gasteiger partial charge is 0.477 e. The maximum atomic E-state index is 11.3. The van der Waals surface area contributed by atoms with Gasteiger partial charge in [0.1, 0.15) is 5.56 Å². The maximum absolute atomic E-state index is 11.3. The highest BCUT2D eigenvalue weighted by Gasteiger charge is 2.30. The normalized spacial score (nSPS) is 16.6. The molecule has 1 N–H and O–H groups in total. The Balaban J connectivity index is 2.26. The van der Waals surface area contributed by atoms with E-state index in [1.54, 1.807) is 15.3 Å². The molecule has 2 aromatic heterocycles. The van der Waals surface area contributed by atoms with Crippen LogP contribution in [-0.2, 0) is 7.05 Å². The van der Waals surface area contributed by atoms with Gasteiger partial charge in [0.15, 0.2) is 5.65 Å². The van der Waals surface area contributed by atoms with Crippen LogP contribution in [0.5, 0.6) is 0 Å². The number of rotatable bonds is 2. The van der Waals surface area contributed by atoms with Gasteiger partial charge in [0, 0.05) is 25.4 Å². The van der Waals surface area contributed by atoms with Crippen molar-refractivity contribution in [3.63, 3.8) is 0 Å². The molecule has 1 saturated carbocycles. The van der Waals surface area contributed by atoms with Crippen LogP contribution in [0, 0.1) is 0 Å². The van der Waals surface area contributed by atoms with Gasteiger partial charge in [-0.05, 0) is 12.8 Å². The van der Waals surface area contributed by atoms with E-state index in [-0.39, 0.29) is 0 Å². The lowest BCUT2D eigenvalue weighted by atomic mass is 9.81. The topological polar surface area (TPSA) is 59.5 Å². The molecule has 2 heterocycles. The van der Waals surface area contributed by atoms with Crippen molar-refractivity contribution in [2.24, 2.45) is 7.05 Å². The molecule has 0 aromatic carbocycles. The Morgan fingerprint density at radius 3 is 2.81 bits per heavy atom. The molecule has 1 aliphatic rings. The molecule has 3 rings (SSSR count). The molecule has 1 aliphatic carbocycles. The molecule has 2 aromatic rings. The number of aromatic nitrogens is 3. The SMILES string of the molecule is Cn1ccn2nc(C3CCC3)c(C(=O)O)c12. The van der Waals surface area contributed by atoms with Crippen molar-refractivity contribution in [1.29, 1.82) is 0 Å². The standard InChI is InChI=1S/C11H13N3O2/c1-13-5-6-14-10(13)8(11(15)16)9(12-14)7-3-2-4-7/h5-7H,2-4H2,1H3,(H,15,16). The van der Waals surface area contributed by atoms with Crippen molar-refractivity contribution in [1.82, 2.24) is 14.2 Å². The Morgan fingerprint density at radius 1 is 1.50 bits per heavy atom. The van der Waals surface area contributed by atoms with E-state index in [9.17, 15) is 9.90 Å². The van der Waals surface area contributed by atoms with Gasteiger partial charge < -0.3 is 9.67 Å². The first kappa shape index (κ1) is 9.45. The highest BCUT2D eigenvalue weighted by molar-refractivity contribution is 5.96. The smallest absolute Gasteiger partial charge is 0.341 e. The Kier molecular flexibility index (Phi) is 1.83. The quantitative estimate of drug-likeness (QED) is 0.835. The molecule has 1 fully saturated rings. The number of imidazole rings is 1. The molecule has 5 heteroatoms. The minimum absolute atomic E-state index is 0.339. The Labute approximate surface area is 92.3 Å². The first-order valence-corrected chi connectivity index (χ1v) is 5.45. The van der Waals surface area contributed by atoms with Crippen LogP contribution in [0.25, 0.3) is 5.65 Å². The zero-order valence-electron chi connectivity index (χ0n) is 9.05. The van der Waals surface area contributed by atoms with Crippen molar-refractivity contribution in [2.45, 2.75) is 25.2 Å². The second-order valence-electron chi connectivity index (χ2n) is 4.37. The lowest BCUT2D eigenvalue weighted by Gasteiger charge is -2.23. The zero-order valence-corrected chi connectivity index (χ0v) is 9.05. The minimum atomic E-state index is -0.876. The number of aryl methyl sites for hydroxylation is 1. The monoisotopic (exact) mass is 219 g/mol. The third-order valence-electron chi connectivity index (χ3n) is 3.38. The van der Waals surface area contributed by atoms with Crippen molar-refractivity contribution < 1.29 is 9.90 Å². The lowest BCUT2D eigenvalue weighted by molar-refractivity contribution is 0.0696. The van der Waals surface area contributed by atoms with E-state index in [2.05, 4.69) is 5.10 Å². The first-order valence-electron chi connectivity index (χ1n) is 5.45. The first-order chi connectivity index (χ1) is 7.68. The van der Waals surface area contributed by atoms with Crippen molar-refractivity contribution >= 4 is 11.6 Å². The number of fused-ring (bicyclic) bond motifs is 1. The highest BCUT2D eigenvalue weighted by atomic mass is 16.4. The van der Waals surface area contributed by atoms with E-state index in [0.717, 1.165) is 18.5 Å². The fraction of sp³-hybridized carbons (Fsp3) is 0.455. The van der Waals surface area contributed by atoms with E-state index >= 15 is 0 Å². The molecule has 0 amide bonds. The number of hydrogen-bond acceptors (Lipinski definition) is 2. The molecule has 0 bridgehead atoms. The van der Waals surface area contributed by atoms with Crippen LogP contribution in [0.4, 0.5) is 0 Å². The van der Waals surface area contributed by atoms with Gasteiger partial charge in [-0.25, -0.2) is 9.31 Å². The maximum Gasteiger partial charge on any atom is 0.341 e. The van der Waals surface area contributed by atoms with Crippen LogP contribution in [0.3, 0.4) is 0 Å². The molecule has 16 heavy (non-hydrogen) atoms. The average molecular weight is 219 g/mol. The van der Waals surface area contributed by atoms with Crippen LogP contribution >= 0.6 is 0 Å². The van der Waals surface area contributed by atoms with Crippen LogP contribution in [-0.4, -0.2) is 25.3 Å². The van der Waals surface area contributed by atoms with E-state index in [1.165, 1.54) is 6.42 Å². The van der Waals surface area contributed by atoms with Crippen molar-refractivity contribution in [2.75, 3.05) is 0 Å². The summed E-state index contributed by atoms with van der Waals surface area (Å²) >= 11 is 0. The number of carbonyl (C=O) groups is 1. The van der Waals surface area contributed by atoms with E-state index in [0.29, 0.717) is 17.1 Å². The van der Waals surface area contributed by atoms with Gasteiger partial charge in [-0.1, -0.05) is 6.42 Å². The molecule has 0 spiro atoms. The molecule has 0 aliphatic heterocycles. The molecular formula is C11H13N3O2. The van der Waals surface area contributed by atoms with Crippen molar-refractivity contribution in [3.05, 3.63) is 23.7 Å². The highest BCUT2D eigenvalue weighted by Crippen LogP contribution is 2.38. The predicted octanol–water partition coefficient (Wildman–Crippen LogP) is 1.64. The van der Waals surface area contributed by atoms with Gasteiger partial charge in [0.05, 0.1) is 5.69 Å². The summed E-state index contributed by atoms with van der Waals surface area (Å²) in [6.45, 7) is 0. The predicted molar refractivity (Wildman–Crippen MR) is 57.7 cm³/mol. The van der Waals surface area contributed by atoms with Gasteiger partial charge in [-0.2, -0.15) is 5.10 Å². The molecule has 0 radical (unpaired) electrons. The summed E-state index contributed by atoms with van der Waals surface area (Å²) in [5.41, 5.74) is 1.80. The number of nitrogens with zero attached hydrogens (tertiary/aromatic N) is 3. The summed E-state index contributed by atoms with van der Waals surface area (Å²) in [7, 11) is 1.84. The van der Waals surface area contributed by atoms with Gasteiger partial charge in [-0.15, -0.1) is 0 Å². The van der Waals surface area contributed by atoms with Gasteiger partial charge in [0.25, 0.3) is 0 Å². The summed E-state index contributed by atoms with van der Waals surface area (Å²) < 4.78 is 3.47. The molecule has 5 nitrogen and oxygen atoms in total. The van der Waals surface area contributed by atoms with Gasteiger partial charge in [0.2, 0.25) is 0 Å². The number of carboxylic acid groups (broad SMARTS) is 1. The number of aromatic carboxylic acids is 1. The summed E-state index contributed by atoms with van der Waals surface area (Å²) in [6.07, 6.45) is 6.91. The summed E-state index contributed by atoms with van der Waals surface area (Å²) in [6, 6.07) is 0. The zero-order chi connectivity index (χ0) is 11.3. The lowest BCUT2D eigenvalue weighted by Crippen LogP contribution is -2.13. The van der Waals surface area contributed by atoms with E-state index in [1.807, 2.05) is 13.2 Å². The molecule has 0 unspecified atom stereocenters. The van der Waals surface area contributed by atoms with E-state index in [4.69, 9.17) is 0 Å². The van der Waals surface area contributed by atoms with Crippen molar-refractivity contribution in [3.8, 4) is 0 Å². The summed E-state index contributed by atoms with van der Waals surface area (Å²) in [5, 5.41) is 13.7. The third kappa shape index (κ3) is 1.11. The Bertz CT molecular complexity index is 563. The molecule has 84 valence electrons. The summed E-state index contributed by atoms with van der Waals surface area (Å²) in [5.74, 6) is -0.537. The number of carboxylic acids is 1. The Morgan fingerprint density at radius 2 is 2.25 bits per heavy atom. The molecule has 0 atom stereocenters. The fourth-order valence-corrected chi connectivity index (χ4v) is 2.29. The van der Waals surface area contributed by atoms with Gasteiger partial charge >= 0.3 is 5.97 Å².